The van der Waals surface area contributed by atoms with Crippen LogP contribution in [0, 0.1) is 12.7 Å². The number of carbonyl (C=O) groups excluding carboxylic acids is 1. The molecule has 0 N–H and O–H groups in total. The van der Waals surface area contributed by atoms with E-state index in [9.17, 15) is 9.18 Å². The van der Waals surface area contributed by atoms with E-state index in [4.69, 9.17) is 0 Å². The first-order valence-corrected chi connectivity index (χ1v) is 6.24. The Morgan fingerprint density at radius 3 is 2.72 bits per heavy atom. The fourth-order valence-electron chi connectivity index (χ4n) is 2.27. The van der Waals surface area contributed by atoms with Gasteiger partial charge in [-0.25, -0.2) is 4.39 Å². The lowest BCUT2D eigenvalue weighted by atomic mass is 10.1. The zero-order valence-corrected chi connectivity index (χ0v) is 11.1. The third-order valence-electron chi connectivity index (χ3n) is 3.67. The van der Waals surface area contributed by atoms with E-state index in [1.54, 1.807) is 13.0 Å². The van der Waals surface area contributed by atoms with Crippen LogP contribution in [0.1, 0.15) is 22.8 Å². The zero-order chi connectivity index (χ0) is 13.3. The van der Waals surface area contributed by atoms with E-state index in [0.717, 1.165) is 19.6 Å². The molecule has 2 rings (SSSR count). The molecule has 1 atom stereocenters. The van der Waals surface area contributed by atoms with Crippen LogP contribution in [-0.2, 0) is 0 Å². The van der Waals surface area contributed by atoms with Gasteiger partial charge in [0.15, 0.2) is 0 Å². The maximum atomic E-state index is 13.0. The summed E-state index contributed by atoms with van der Waals surface area (Å²) in [7, 11) is 2.07. The highest BCUT2D eigenvalue weighted by atomic mass is 19.1. The minimum Gasteiger partial charge on any atom is -0.336 e. The number of nitrogens with zero attached hydrogens (tertiary/aromatic N) is 2. The first kappa shape index (κ1) is 13.0. The van der Waals surface area contributed by atoms with E-state index in [-0.39, 0.29) is 11.7 Å². The molecule has 0 aromatic heterocycles. The molecular formula is C14H19FN2O. The highest BCUT2D eigenvalue weighted by Crippen LogP contribution is 2.15. The third kappa shape index (κ3) is 2.53. The summed E-state index contributed by atoms with van der Waals surface area (Å²) in [6.07, 6.45) is 0. The molecule has 1 saturated heterocycles. The molecule has 0 spiro atoms. The van der Waals surface area contributed by atoms with Gasteiger partial charge in [0.2, 0.25) is 0 Å². The Hall–Kier alpha value is -1.42. The molecule has 18 heavy (non-hydrogen) atoms. The SMILES string of the molecule is Cc1cc(F)ccc1C(=O)N1CCN(C)C(C)C1. The molecule has 1 unspecified atom stereocenters. The van der Waals surface area contributed by atoms with Gasteiger partial charge in [0.05, 0.1) is 0 Å². The molecule has 1 heterocycles. The Kier molecular flexibility index (Phi) is 3.66. The van der Waals surface area contributed by atoms with Gasteiger partial charge in [0, 0.05) is 31.2 Å². The molecule has 4 heteroatoms. The standard InChI is InChI=1S/C14H19FN2O/c1-10-8-12(15)4-5-13(10)14(18)17-7-6-16(3)11(2)9-17/h4-5,8,11H,6-7,9H2,1-3H3. The lowest BCUT2D eigenvalue weighted by molar-refractivity contribution is 0.0571. The second kappa shape index (κ2) is 5.06. The summed E-state index contributed by atoms with van der Waals surface area (Å²) in [5, 5.41) is 0. The normalized spacial score (nSPS) is 21.1. The molecule has 1 aromatic rings. The minimum absolute atomic E-state index is 0.00690. The van der Waals surface area contributed by atoms with Gasteiger partial charge in [0.25, 0.3) is 5.91 Å². The first-order valence-electron chi connectivity index (χ1n) is 6.24. The molecule has 0 saturated carbocycles. The van der Waals surface area contributed by atoms with Crippen molar-refractivity contribution in [1.82, 2.24) is 9.80 Å². The summed E-state index contributed by atoms with van der Waals surface area (Å²) in [6, 6.07) is 4.70. The van der Waals surface area contributed by atoms with E-state index >= 15 is 0 Å². The van der Waals surface area contributed by atoms with Gasteiger partial charge in [-0.15, -0.1) is 0 Å². The maximum absolute atomic E-state index is 13.0. The number of carbonyl (C=O) groups is 1. The molecule has 1 fully saturated rings. The van der Waals surface area contributed by atoms with Gasteiger partial charge in [-0.05, 0) is 44.7 Å². The second-order valence-electron chi connectivity index (χ2n) is 5.04. The van der Waals surface area contributed by atoms with Crippen LogP contribution in [0.25, 0.3) is 0 Å². The zero-order valence-electron chi connectivity index (χ0n) is 11.1. The fourth-order valence-corrected chi connectivity index (χ4v) is 2.27. The van der Waals surface area contributed by atoms with Crippen molar-refractivity contribution in [3.05, 3.63) is 35.1 Å². The molecule has 1 aliphatic heterocycles. The fraction of sp³-hybridized carbons (Fsp3) is 0.500. The number of hydrogen-bond acceptors (Lipinski definition) is 2. The van der Waals surface area contributed by atoms with E-state index in [0.29, 0.717) is 17.2 Å². The van der Waals surface area contributed by atoms with Crippen LogP contribution < -0.4 is 0 Å². The number of amides is 1. The van der Waals surface area contributed by atoms with Crippen molar-refractivity contribution < 1.29 is 9.18 Å². The highest BCUT2D eigenvalue weighted by Gasteiger charge is 2.25. The third-order valence-corrected chi connectivity index (χ3v) is 3.67. The Labute approximate surface area is 107 Å². The van der Waals surface area contributed by atoms with Crippen LogP contribution in [-0.4, -0.2) is 48.4 Å². The van der Waals surface area contributed by atoms with E-state index in [1.807, 2.05) is 4.90 Å². The van der Waals surface area contributed by atoms with Crippen molar-refractivity contribution in [3.8, 4) is 0 Å². The number of halogens is 1. The van der Waals surface area contributed by atoms with Gasteiger partial charge < -0.3 is 9.80 Å². The first-order chi connectivity index (χ1) is 8.49. The molecule has 0 radical (unpaired) electrons. The van der Waals surface area contributed by atoms with Crippen LogP contribution in [0.2, 0.25) is 0 Å². The Bertz CT molecular complexity index is 461. The lowest BCUT2D eigenvalue weighted by Gasteiger charge is -2.37. The second-order valence-corrected chi connectivity index (χ2v) is 5.04. The van der Waals surface area contributed by atoms with Crippen LogP contribution in [0.4, 0.5) is 4.39 Å². The average Bonchev–Trinajstić information content (AvgIpc) is 2.32. The number of likely N-dealkylation sites (N-methyl/N-ethyl adjacent to an activating group) is 1. The molecule has 3 nitrogen and oxygen atoms in total. The Morgan fingerprint density at radius 2 is 2.11 bits per heavy atom. The summed E-state index contributed by atoms with van der Waals surface area (Å²) < 4.78 is 13.0. The minimum atomic E-state index is -0.296. The van der Waals surface area contributed by atoms with Gasteiger partial charge in [0.1, 0.15) is 5.82 Å². The summed E-state index contributed by atoms with van der Waals surface area (Å²) >= 11 is 0. The van der Waals surface area contributed by atoms with Crippen LogP contribution in [0.5, 0.6) is 0 Å². The van der Waals surface area contributed by atoms with Gasteiger partial charge in [-0.2, -0.15) is 0 Å². The van der Waals surface area contributed by atoms with Gasteiger partial charge >= 0.3 is 0 Å². The maximum Gasteiger partial charge on any atom is 0.254 e. The quantitative estimate of drug-likeness (QED) is 0.760. The summed E-state index contributed by atoms with van der Waals surface area (Å²) in [5.41, 5.74) is 1.31. The average molecular weight is 250 g/mol. The number of aryl methyl sites for hydroxylation is 1. The van der Waals surface area contributed by atoms with Gasteiger partial charge in [-0.1, -0.05) is 0 Å². The largest absolute Gasteiger partial charge is 0.336 e. The molecule has 1 aliphatic rings. The van der Waals surface area contributed by atoms with Crippen molar-refractivity contribution >= 4 is 5.91 Å². The summed E-state index contributed by atoms with van der Waals surface area (Å²) in [6.45, 7) is 6.22. The monoisotopic (exact) mass is 250 g/mol. The van der Waals surface area contributed by atoms with Crippen molar-refractivity contribution in [1.29, 1.82) is 0 Å². The number of piperazine rings is 1. The number of hydrogen-bond donors (Lipinski definition) is 0. The predicted octanol–water partition coefficient (Wildman–Crippen LogP) is 1.91. The van der Waals surface area contributed by atoms with Crippen molar-refractivity contribution in [2.45, 2.75) is 19.9 Å². The van der Waals surface area contributed by atoms with Crippen LogP contribution in [0.3, 0.4) is 0 Å². The highest BCUT2D eigenvalue weighted by molar-refractivity contribution is 5.95. The van der Waals surface area contributed by atoms with Crippen molar-refractivity contribution in [2.75, 3.05) is 26.7 Å². The molecule has 0 bridgehead atoms. The molecule has 98 valence electrons. The summed E-state index contributed by atoms with van der Waals surface area (Å²) in [4.78, 5) is 16.5. The summed E-state index contributed by atoms with van der Waals surface area (Å²) in [5.74, 6) is -0.289. The number of rotatable bonds is 1. The Balaban J connectivity index is 2.16. The predicted molar refractivity (Wildman–Crippen MR) is 69.1 cm³/mol. The lowest BCUT2D eigenvalue weighted by Crippen LogP contribution is -2.52. The van der Waals surface area contributed by atoms with Crippen molar-refractivity contribution in [2.24, 2.45) is 0 Å². The van der Waals surface area contributed by atoms with E-state index in [2.05, 4.69) is 18.9 Å². The topological polar surface area (TPSA) is 23.6 Å². The molecule has 1 aromatic carbocycles. The molecule has 0 aliphatic carbocycles. The smallest absolute Gasteiger partial charge is 0.254 e. The van der Waals surface area contributed by atoms with E-state index < -0.39 is 0 Å². The van der Waals surface area contributed by atoms with Crippen LogP contribution >= 0.6 is 0 Å². The Morgan fingerprint density at radius 1 is 1.39 bits per heavy atom. The van der Waals surface area contributed by atoms with E-state index in [1.165, 1.54) is 12.1 Å². The molecular weight excluding hydrogens is 231 g/mol. The van der Waals surface area contributed by atoms with Gasteiger partial charge in [-0.3, -0.25) is 4.79 Å². The van der Waals surface area contributed by atoms with Crippen molar-refractivity contribution in [3.63, 3.8) is 0 Å². The van der Waals surface area contributed by atoms with Crippen LogP contribution in [0.15, 0.2) is 18.2 Å². The number of benzene rings is 1. The molecule has 1 amide bonds.